The number of benzene rings is 2. The van der Waals surface area contributed by atoms with Gasteiger partial charge in [-0.05, 0) is 42.5 Å². The molecule has 0 unspecified atom stereocenters. The molecule has 27 heavy (non-hydrogen) atoms. The van der Waals surface area contributed by atoms with Crippen LogP contribution in [0.2, 0.25) is 0 Å². The Balaban J connectivity index is 1.99. The number of ether oxygens (including phenoxy) is 3. The Bertz CT molecular complexity index is 937. The number of methoxy groups -OCH3 is 2. The zero-order valence-electron chi connectivity index (χ0n) is 15.0. The van der Waals surface area contributed by atoms with E-state index in [1.165, 1.54) is 50.6 Å². The normalized spacial score (nSPS) is 10.8. The minimum absolute atomic E-state index is 0.216. The van der Waals surface area contributed by atoms with Crippen molar-refractivity contribution in [3.05, 3.63) is 53.6 Å². The van der Waals surface area contributed by atoms with Gasteiger partial charge in [-0.15, -0.1) is 0 Å². The third-order valence-electron chi connectivity index (χ3n) is 3.46. The molecule has 1 N–H and O–H groups in total. The maximum absolute atomic E-state index is 12.1. The smallest absolute Gasteiger partial charge is 0.338 e. The molecule has 0 saturated carbocycles. The van der Waals surface area contributed by atoms with E-state index in [9.17, 15) is 18.0 Å². The molecule has 0 aliphatic rings. The fourth-order valence-corrected chi connectivity index (χ4v) is 2.76. The number of hydrogen-bond acceptors (Lipinski definition) is 7. The molecule has 0 aliphatic heterocycles. The SMILES string of the molecule is COc1ccc(C(=O)OCC(=O)c2ccc(NS(C)(=O)=O)cc2)cc1OC. The van der Waals surface area contributed by atoms with Crippen LogP contribution in [0.4, 0.5) is 5.69 Å². The maximum atomic E-state index is 12.1. The molecule has 8 nitrogen and oxygen atoms in total. The van der Waals surface area contributed by atoms with E-state index in [-0.39, 0.29) is 11.1 Å². The van der Waals surface area contributed by atoms with Gasteiger partial charge >= 0.3 is 5.97 Å². The maximum Gasteiger partial charge on any atom is 0.338 e. The number of carbonyl (C=O) groups is 2. The van der Waals surface area contributed by atoms with E-state index in [1.807, 2.05) is 0 Å². The van der Waals surface area contributed by atoms with Gasteiger partial charge in [0.15, 0.2) is 23.9 Å². The third kappa shape index (κ3) is 5.71. The van der Waals surface area contributed by atoms with Crippen LogP contribution in [0.5, 0.6) is 11.5 Å². The van der Waals surface area contributed by atoms with Crippen LogP contribution in [0, 0.1) is 0 Å². The average Bonchev–Trinajstić information content (AvgIpc) is 2.64. The lowest BCUT2D eigenvalue weighted by Crippen LogP contribution is -2.14. The molecule has 2 rings (SSSR count). The molecular formula is C18H19NO7S. The van der Waals surface area contributed by atoms with Gasteiger partial charge in [0, 0.05) is 11.3 Å². The Kier molecular flexibility index (Phi) is 6.40. The number of Topliss-reactive ketones (excluding diaryl/α,β-unsaturated/α-hetero) is 1. The summed E-state index contributed by atoms with van der Waals surface area (Å²) in [6, 6.07) is 10.3. The number of carbonyl (C=O) groups excluding carboxylic acids is 2. The summed E-state index contributed by atoms with van der Waals surface area (Å²) in [4.78, 5) is 24.3. The highest BCUT2D eigenvalue weighted by Crippen LogP contribution is 2.27. The van der Waals surface area contributed by atoms with Gasteiger partial charge in [0.25, 0.3) is 0 Å². The van der Waals surface area contributed by atoms with Crippen LogP contribution in [0.3, 0.4) is 0 Å². The van der Waals surface area contributed by atoms with Crippen LogP contribution in [0.25, 0.3) is 0 Å². The fraction of sp³-hybridized carbons (Fsp3) is 0.222. The first kappa shape index (κ1) is 20.2. The molecule has 144 valence electrons. The highest BCUT2D eigenvalue weighted by molar-refractivity contribution is 7.92. The van der Waals surface area contributed by atoms with Crippen molar-refractivity contribution in [2.45, 2.75) is 0 Å². The van der Waals surface area contributed by atoms with Gasteiger partial charge in [0.2, 0.25) is 10.0 Å². The molecule has 0 heterocycles. The Morgan fingerprint density at radius 1 is 0.926 bits per heavy atom. The number of rotatable bonds is 8. The van der Waals surface area contributed by atoms with Crippen molar-refractivity contribution in [1.29, 1.82) is 0 Å². The zero-order chi connectivity index (χ0) is 20.0. The Hall–Kier alpha value is -3.07. The van der Waals surface area contributed by atoms with Crippen LogP contribution in [0.1, 0.15) is 20.7 Å². The molecule has 0 fully saturated rings. The summed E-state index contributed by atoms with van der Waals surface area (Å²) in [5, 5.41) is 0. The summed E-state index contributed by atoms with van der Waals surface area (Å²) >= 11 is 0. The first-order chi connectivity index (χ1) is 12.7. The van der Waals surface area contributed by atoms with E-state index in [2.05, 4.69) is 4.72 Å². The quantitative estimate of drug-likeness (QED) is 0.540. The van der Waals surface area contributed by atoms with Gasteiger partial charge in [-0.25, -0.2) is 13.2 Å². The molecule has 2 aromatic rings. The van der Waals surface area contributed by atoms with Crippen molar-refractivity contribution in [3.8, 4) is 11.5 Å². The second-order valence-electron chi connectivity index (χ2n) is 5.52. The van der Waals surface area contributed by atoms with Gasteiger partial charge in [-0.2, -0.15) is 0 Å². The molecule has 0 spiro atoms. The highest BCUT2D eigenvalue weighted by Gasteiger charge is 2.15. The van der Waals surface area contributed by atoms with Crippen LogP contribution in [-0.2, 0) is 14.8 Å². The zero-order valence-corrected chi connectivity index (χ0v) is 15.8. The number of anilines is 1. The van der Waals surface area contributed by atoms with Crippen molar-refractivity contribution >= 4 is 27.5 Å². The molecule has 9 heteroatoms. The van der Waals surface area contributed by atoms with Gasteiger partial charge < -0.3 is 14.2 Å². The van der Waals surface area contributed by atoms with Gasteiger partial charge in [0.05, 0.1) is 26.0 Å². The number of nitrogens with one attached hydrogen (secondary N) is 1. The first-order valence-electron chi connectivity index (χ1n) is 7.73. The second kappa shape index (κ2) is 8.54. The van der Waals surface area contributed by atoms with E-state index >= 15 is 0 Å². The molecule has 0 amide bonds. The molecule has 2 aromatic carbocycles. The minimum Gasteiger partial charge on any atom is -0.493 e. The van der Waals surface area contributed by atoms with E-state index in [0.717, 1.165) is 6.26 Å². The van der Waals surface area contributed by atoms with E-state index in [0.29, 0.717) is 17.2 Å². The van der Waals surface area contributed by atoms with Gasteiger partial charge in [-0.1, -0.05) is 0 Å². The number of esters is 1. The lowest BCUT2D eigenvalue weighted by Gasteiger charge is -2.09. The van der Waals surface area contributed by atoms with Crippen LogP contribution in [0.15, 0.2) is 42.5 Å². The van der Waals surface area contributed by atoms with Crippen LogP contribution < -0.4 is 14.2 Å². The average molecular weight is 393 g/mol. The van der Waals surface area contributed by atoms with Gasteiger partial charge in [0.1, 0.15) is 0 Å². The summed E-state index contributed by atoms with van der Waals surface area (Å²) in [6.45, 7) is -0.452. The fourth-order valence-electron chi connectivity index (χ4n) is 2.20. The lowest BCUT2D eigenvalue weighted by molar-refractivity contribution is 0.0474. The predicted molar refractivity (Wildman–Crippen MR) is 99.1 cm³/mol. The standard InChI is InChI=1S/C18H19NO7S/c1-24-16-9-6-13(10-17(16)25-2)18(21)26-11-15(20)12-4-7-14(8-5-12)19-27(3,22)23/h4-10,19H,11H2,1-3H3. The van der Waals surface area contributed by atoms with E-state index in [1.54, 1.807) is 6.07 Å². The highest BCUT2D eigenvalue weighted by atomic mass is 32.2. The summed E-state index contributed by atoms with van der Waals surface area (Å²) in [6.07, 6.45) is 1.03. The van der Waals surface area contributed by atoms with Gasteiger partial charge in [-0.3, -0.25) is 9.52 Å². The molecule has 0 aliphatic carbocycles. The second-order valence-corrected chi connectivity index (χ2v) is 7.27. The molecular weight excluding hydrogens is 374 g/mol. The van der Waals surface area contributed by atoms with Crippen LogP contribution in [-0.4, -0.2) is 47.3 Å². The Morgan fingerprint density at radius 2 is 1.52 bits per heavy atom. The number of hydrogen-bond donors (Lipinski definition) is 1. The predicted octanol–water partition coefficient (Wildman–Crippen LogP) is 2.12. The number of sulfonamides is 1. The third-order valence-corrected chi connectivity index (χ3v) is 4.07. The summed E-state index contributed by atoms with van der Waals surface area (Å²) in [5.74, 6) is -0.269. The van der Waals surface area contributed by atoms with Crippen molar-refractivity contribution in [3.63, 3.8) is 0 Å². The number of ketones is 1. The first-order valence-corrected chi connectivity index (χ1v) is 9.63. The van der Waals surface area contributed by atoms with Crippen molar-refractivity contribution in [1.82, 2.24) is 0 Å². The van der Waals surface area contributed by atoms with Crippen molar-refractivity contribution in [2.24, 2.45) is 0 Å². The summed E-state index contributed by atoms with van der Waals surface area (Å²) < 4.78 is 39.9. The summed E-state index contributed by atoms with van der Waals surface area (Å²) in [7, 11) is -0.476. The monoisotopic (exact) mass is 393 g/mol. The molecule has 0 atom stereocenters. The summed E-state index contributed by atoms with van der Waals surface area (Å²) in [5.41, 5.74) is 0.832. The van der Waals surface area contributed by atoms with E-state index in [4.69, 9.17) is 14.2 Å². The molecule has 0 aromatic heterocycles. The Labute approximate surface area is 157 Å². The molecule has 0 radical (unpaired) electrons. The van der Waals surface area contributed by atoms with Crippen molar-refractivity contribution < 1.29 is 32.2 Å². The molecule has 0 bridgehead atoms. The lowest BCUT2D eigenvalue weighted by atomic mass is 10.1. The Morgan fingerprint density at radius 3 is 2.07 bits per heavy atom. The topological polar surface area (TPSA) is 108 Å². The van der Waals surface area contributed by atoms with E-state index < -0.39 is 28.4 Å². The van der Waals surface area contributed by atoms with Crippen LogP contribution >= 0.6 is 0 Å². The minimum atomic E-state index is -3.40. The molecule has 0 saturated heterocycles. The van der Waals surface area contributed by atoms with Crippen molar-refractivity contribution in [2.75, 3.05) is 31.8 Å². The largest absolute Gasteiger partial charge is 0.493 e.